The molecular formula is C26H38O5S. The van der Waals surface area contributed by atoms with E-state index in [9.17, 15) is 13.5 Å². The zero-order chi connectivity index (χ0) is 23.2. The van der Waals surface area contributed by atoms with Crippen LogP contribution in [0.1, 0.15) is 89.5 Å². The average molecular weight is 463 g/mol. The first-order valence-electron chi connectivity index (χ1n) is 12.0. The Labute approximate surface area is 193 Å². The fraction of sp³-hybridized carbons (Fsp3) is 0.538. The number of hydrogen-bond donors (Lipinski definition) is 2. The van der Waals surface area contributed by atoms with Crippen molar-refractivity contribution < 1.29 is 22.8 Å². The summed E-state index contributed by atoms with van der Waals surface area (Å²) < 4.78 is 37.3. The van der Waals surface area contributed by atoms with Crippen LogP contribution < -0.4 is 4.74 Å². The standard InChI is InChI=1S/C26H38O5S/c1-2-3-4-5-6-7-8-9-10-11-12-13-15-22-18-19-26(25(27)20-22)31-23-16-14-17-24(21-23)32(28,29)30/h14,16-21,27H,2-13,15H2,1H3,(H,28,29,30). The van der Waals surface area contributed by atoms with Gasteiger partial charge in [-0.1, -0.05) is 89.7 Å². The lowest BCUT2D eigenvalue weighted by atomic mass is 10.0. The molecule has 2 aromatic carbocycles. The summed E-state index contributed by atoms with van der Waals surface area (Å²) in [5.41, 5.74) is 1.05. The van der Waals surface area contributed by atoms with Crippen molar-refractivity contribution in [2.24, 2.45) is 0 Å². The summed E-state index contributed by atoms with van der Waals surface area (Å²) in [5.74, 6) is 0.485. The molecule has 178 valence electrons. The van der Waals surface area contributed by atoms with Gasteiger partial charge >= 0.3 is 0 Å². The third-order valence-corrected chi connectivity index (χ3v) is 6.52. The summed E-state index contributed by atoms with van der Waals surface area (Å²) in [6, 6.07) is 10.8. The van der Waals surface area contributed by atoms with E-state index in [-0.39, 0.29) is 22.1 Å². The Bertz CT molecular complexity index is 908. The number of hydrogen-bond acceptors (Lipinski definition) is 4. The van der Waals surface area contributed by atoms with Crippen molar-refractivity contribution in [3.63, 3.8) is 0 Å². The number of rotatable bonds is 16. The van der Waals surface area contributed by atoms with E-state index in [1.165, 1.54) is 88.8 Å². The van der Waals surface area contributed by atoms with E-state index < -0.39 is 10.1 Å². The predicted molar refractivity (Wildman–Crippen MR) is 129 cm³/mol. The normalized spacial score (nSPS) is 11.6. The number of unbranched alkanes of at least 4 members (excludes halogenated alkanes) is 11. The summed E-state index contributed by atoms with van der Waals surface area (Å²) in [6.07, 6.45) is 16.7. The van der Waals surface area contributed by atoms with E-state index in [0.717, 1.165) is 18.4 Å². The number of phenols is 1. The van der Waals surface area contributed by atoms with E-state index in [0.29, 0.717) is 0 Å². The lowest BCUT2D eigenvalue weighted by molar-refractivity contribution is 0.409. The molecule has 0 unspecified atom stereocenters. The first-order valence-corrected chi connectivity index (χ1v) is 13.4. The van der Waals surface area contributed by atoms with Crippen molar-refractivity contribution in [1.29, 1.82) is 0 Å². The SMILES string of the molecule is CCCCCCCCCCCCCCc1ccc(Oc2cccc(S(=O)(=O)O)c2)c(O)c1. The van der Waals surface area contributed by atoms with Gasteiger partial charge in [-0.2, -0.15) is 8.42 Å². The van der Waals surface area contributed by atoms with Crippen LogP contribution in [0.25, 0.3) is 0 Å². The molecule has 2 aromatic rings. The van der Waals surface area contributed by atoms with E-state index >= 15 is 0 Å². The van der Waals surface area contributed by atoms with Gasteiger partial charge in [0, 0.05) is 6.07 Å². The van der Waals surface area contributed by atoms with Crippen molar-refractivity contribution in [3.8, 4) is 17.2 Å². The molecule has 0 saturated heterocycles. The van der Waals surface area contributed by atoms with Crippen molar-refractivity contribution in [1.82, 2.24) is 0 Å². The summed E-state index contributed by atoms with van der Waals surface area (Å²) in [4.78, 5) is -0.252. The minimum absolute atomic E-state index is 0.0127. The Morgan fingerprint density at radius 3 is 1.94 bits per heavy atom. The molecule has 0 bridgehead atoms. The molecule has 0 aliphatic carbocycles. The summed E-state index contributed by atoms with van der Waals surface area (Å²) in [7, 11) is -4.30. The number of ether oxygens (including phenoxy) is 1. The van der Waals surface area contributed by atoms with Gasteiger partial charge in [-0.3, -0.25) is 4.55 Å². The molecular weight excluding hydrogens is 424 g/mol. The van der Waals surface area contributed by atoms with Crippen molar-refractivity contribution in [2.75, 3.05) is 0 Å². The third kappa shape index (κ3) is 10.0. The lowest BCUT2D eigenvalue weighted by Crippen LogP contribution is -1.98. The summed E-state index contributed by atoms with van der Waals surface area (Å²) in [5, 5.41) is 10.3. The monoisotopic (exact) mass is 462 g/mol. The van der Waals surface area contributed by atoms with Gasteiger partial charge in [0.15, 0.2) is 11.5 Å². The highest BCUT2D eigenvalue weighted by atomic mass is 32.2. The van der Waals surface area contributed by atoms with E-state index in [2.05, 4.69) is 6.92 Å². The first-order chi connectivity index (χ1) is 15.4. The molecule has 5 nitrogen and oxygen atoms in total. The highest BCUT2D eigenvalue weighted by molar-refractivity contribution is 7.85. The molecule has 0 aromatic heterocycles. The molecule has 2 rings (SSSR count). The molecule has 2 N–H and O–H groups in total. The Morgan fingerprint density at radius 2 is 1.38 bits per heavy atom. The quantitative estimate of drug-likeness (QED) is 0.197. The van der Waals surface area contributed by atoms with E-state index in [1.807, 2.05) is 6.07 Å². The topological polar surface area (TPSA) is 83.8 Å². The Kier molecular flexibility index (Phi) is 11.6. The van der Waals surface area contributed by atoms with Crippen LogP contribution in [-0.2, 0) is 16.5 Å². The maximum Gasteiger partial charge on any atom is 0.294 e. The van der Waals surface area contributed by atoms with Gasteiger partial charge in [0.05, 0.1) is 4.90 Å². The molecule has 0 saturated carbocycles. The van der Waals surface area contributed by atoms with Crippen LogP contribution in [0.15, 0.2) is 47.4 Å². The molecule has 0 aliphatic rings. The van der Waals surface area contributed by atoms with Gasteiger partial charge in [0.2, 0.25) is 0 Å². The zero-order valence-corrected chi connectivity index (χ0v) is 20.1. The van der Waals surface area contributed by atoms with Gasteiger partial charge in [-0.15, -0.1) is 0 Å². The molecule has 0 spiro atoms. The summed E-state index contributed by atoms with van der Waals surface area (Å²) in [6.45, 7) is 2.25. The minimum Gasteiger partial charge on any atom is -0.504 e. The fourth-order valence-electron chi connectivity index (χ4n) is 3.80. The van der Waals surface area contributed by atoms with Gasteiger partial charge in [-0.05, 0) is 42.7 Å². The van der Waals surface area contributed by atoms with Gasteiger partial charge in [-0.25, -0.2) is 0 Å². The van der Waals surface area contributed by atoms with E-state index in [1.54, 1.807) is 18.2 Å². The van der Waals surface area contributed by atoms with Gasteiger partial charge in [0.25, 0.3) is 10.1 Å². The first kappa shape index (κ1) is 26.2. The minimum atomic E-state index is -4.30. The van der Waals surface area contributed by atoms with Crippen LogP contribution in [0.4, 0.5) is 0 Å². The third-order valence-electron chi connectivity index (χ3n) is 5.67. The average Bonchev–Trinajstić information content (AvgIpc) is 2.76. The zero-order valence-electron chi connectivity index (χ0n) is 19.3. The maximum absolute atomic E-state index is 11.3. The van der Waals surface area contributed by atoms with Crippen LogP contribution in [0, 0.1) is 0 Å². The molecule has 0 amide bonds. The molecule has 0 radical (unpaired) electrons. The van der Waals surface area contributed by atoms with Crippen molar-refractivity contribution in [3.05, 3.63) is 48.0 Å². The van der Waals surface area contributed by atoms with Crippen LogP contribution in [0.5, 0.6) is 17.2 Å². The van der Waals surface area contributed by atoms with Crippen LogP contribution >= 0.6 is 0 Å². The second kappa shape index (κ2) is 14.2. The van der Waals surface area contributed by atoms with Gasteiger partial charge < -0.3 is 9.84 Å². The van der Waals surface area contributed by atoms with Gasteiger partial charge in [0.1, 0.15) is 5.75 Å². The highest BCUT2D eigenvalue weighted by Crippen LogP contribution is 2.32. The Morgan fingerprint density at radius 1 is 0.781 bits per heavy atom. The summed E-state index contributed by atoms with van der Waals surface area (Å²) >= 11 is 0. The van der Waals surface area contributed by atoms with E-state index in [4.69, 9.17) is 9.29 Å². The number of benzene rings is 2. The van der Waals surface area contributed by atoms with Crippen molar-refractivity contribution in [2.45, 2.75) is 95.3 Å². The molecule has 0 aliphatic heterocycles. The molecule has 0 atom stereocenters. The number of aryl methyl sites for hydroxylation is 1. The second-order valence-corrected chi connectivity index (χ2v) is 9.91. The molecule has 6 heteroatoms. The van der Waals surface area contributed by atoms with Crippen LogP contribution in [-0.4, -0.2) is 18.1 Å². The fourth-order valence-corrected chi connectivity index (χ4v) is 4.32. The van der Waals surface area contributed by atoms with Crippen molar-refractivity contribution >= 4 is 10.1 Å². The van der Waals surface area contributed by atoms with Crippen LogP contribution in [0.2, 0.25) is 0 Å². The largest absolute Gasteiger partial charge is 0.504 e. The smallest absolute Gasteiger partial charge is 0.294 e. The number of aromatic hydroxyl groups is 1. The molecule has 0 heterocycles. The van der Waals surface area contributed by atoms with Crippen LogP contribution in [0.3, 0.4) is 0 Å². The maximum atomic E-state index is 11.3. The molecule has 0 fully saturated rings. The number of phenolic OH excluding ortho intramolecular Hbond substituents is 1. The lowest BCUT2D eigenvalue weighted by Gasteiger charge is -2.10. The second-order valence-electron chi connectivity index (χ2n) is 8.49. The molecule has 32 heavy (non-hydrogen) atoms. The Balaban J connectivity index is 1.66. The Hall–Kier alpha value is -2.05. The highest BCUT2D eigenvalue weighted by Gasteiger charge is 2.12. The predicted octanol–water partition coefficient (Wildman–Crippen LogP) is 7.67.